The fourth-order valence-corrected chi connectivity index (χ4v) is 1.45. The van der Waals surface area contributed by atoms with Crippen molar-refractivity contribution < 1.29 is 4.39 Å². The van der Waals surface area contributed by atoms with Crippen LogP contribution < -0.4 is 5.32 Å². The van der Waals surface area contributed by atoms with Crippen molar-refractivity contribution in [2.24, 2.45) is 0 Å². The fourth-order valence-electron chi connectivity index (χ4n) is 1.27. The van der Waals surface area contributed by atoms with Crippen LogP contribution in [0.3, 0.4) is 0 Å². The maximum Gasteiger partial charge on any atom is 0.157 e. The summed E-state index contributed by atoms with van der Waals surface area (Å²) < 4.78 is 13.4. The molecule has 0 fully saturated rings. The Bertz CT molecular complexity index is 393. The summed E-state index contributed by atoms with van der Waals surface area (Å²) in [6, 6.07) is 4.87. The molecule has 0 saturated heterocycles. The number of hydrogen-bond donors (Lipinski definition) is 1. The van der Waals surface area contributed by atoms with E-state index in [1.54, 1.807) is 12.1 Å². The standard InChI is InChI=1S/C13H15ClFN/c1-16-10-5-3-2-4-7-11-8-6-9-12(14)13(11)15/h6,8-9,16H,2-3,5,10H2,1H3. The Morgan fingerprint density at radius 3 is 2.94 bits per heavy atom. The Kier molecular flexibility index (Phi) is 5.92. The number of hydrogen-bond acceptors (Lipinski definition) is 1. The van der Waals surface area contributed by atoms with E-state index in [1.807, 2.05) is 7.05 Å². The van der Waals surface area contributed by atoms with Crippen molar-refractivity contribution in [2.75, 3.05) is 13.6 Å². The molecule has 0 aliphatic rings. The lowest BCUT2D eigenvalue weighted by molar-refractivity contribution is 0.624. The van der Waals surface area contributed by atoms with Crippen molar-refractivity contribution in [3.8, 4) is 11.8 Å². The first-order valence-electron chi connectivity index (χ1n) is 5.33. The molecule has 16 heavy (non-hydrogen) atoms. The van der Waals surface area contributed by atoms with Gasteiger partial charge in [0, 0.05) is 6.42 Å². The summed E-state index contributed by atoms with van der Waals surface area (Å²) in [5.41, 5.74) is 0.376. The van der Waals surface area contributed by atoms with E-state index < -0.39 is 5.82 Å². The van der Waals surface area contributed by atoms with Crippen molar-refractivity contribution in [1.82, 2.24) is 5.32 Å². The van der Waals surface area contributed by atoms with Gasteiger partial charge in [0.2, 0.25) is 0 Å². The Hall–Kier alpha value is -1.04. The maximum absolute atomic E-state index is 13.4. The normalized spacial score (nSPS) is 9.69. The van der Waals surface area contributed by atoms with E-state index in [0.717, 1.165) is 25.8 Å². The lowest BCUT2D eigenvalue weighted by Crippen LogP contribution is -2.06. The first-order chi connectivity index (χ1) is 7.75. The molecule has 1 rings (SSSR count). The molecule has 0 radical (unpaired) electrons. The van der Waals surface area contributed by atoms with Gasteiger partial charge in [-0.3, -0.25) is 0 Å². The summed E-state index contributed by atoms with van der Waals surface area (Å²) in [6.45, 7) is 0.993. The molecule has 0 aliphatic carbocycles. The smallest absolute Gasteiger partial charge is 0.157 e. The lowest BCUT2D eigenvalue weighted by atomic mass is 10.2. The van der Waals surface area contributed by atoms with Crippen LogP contribution in [0.4, 0.5) is 4.39 Å². The van der Waals surface area contributed by atoms with Gasteiger partial charge >= 0.3 is 0 Å². The Balaban J connectivity index is 2.47. The average Bonchev–Trinajstić information content (AvgIpc) is 2.29. The second kappa shape index (κ2) is 7.27. The highest BCUT2D eigenvalue weighted by atomic mass is 35.5. The van der Waals surface area contributed by atoms with Gasteiger partial charge in [-0.2, -0.15) is 0 Å². The number of halogens is 2. The van der Waals surface area contributed by atoms with E-state index in [1.165, 1.54) is 6.07 Å². The van der Waals surface area contributed by atoms with Crippen LogP contribution in [0.25, 0.3) is 0 Å². The third-order valence-electron chi connectivity index (χ3n) is 2.15. The average molecular weight is 240 g/mol. The van der Waals surface area contributed by atoms with E-state index in [9.17, 15) is 4.39 Å². The van der Waals surface area contributed by atoms with Crippen molar-refractivity contribution in [2.45, 2.75) is 19.3 Å². The van der Waals surface area contributed by atoms with Gasteiger partial charge in [-0.1, -0.05) is 29.5 Å². The van der Waals surface area contributed by atoms with Crippen LogP contribution in [0.1, 0.15) is 24.8 Å². The minimum atomic E-state index is -0.424. The molecular formula is C13H15ClFN. The first-order valence-corrected chi connectivity index (χ1v) is 5.71. The molecule has 1 aromatic carbocycles. The summed E-state index contributed by atoms with van der Waals surface area (Å²) in [6.07, 6.45) is 2.90. The van der Waals surface area contributed by atoms with Gasteiger partial charge in [-0.15, -0.1) is 0 Å². The molecule has 0 heterocycles. The Morgan fingerprint density at radius 2 is 2.19 bits per heavy atom. The summed E-state index contributed by atoms with van der Waals surface area (Å²) in [5, 5.41) is 3.19. The van der Waals surface area contributed by atoms with Gasteiger partial charge in [-0.25, -0.2) is 4.39 Å². The molecule has 1 N–H and O–H groups in total. The second-order valence-corrected chi connectivity index (χ2v) is 3.87. The Morgan fingerprint density at radius 1 is 1.38 bits per heavy atom. The molecule has 0 spiro atoms. The predicted molar refractivity (Wildman–Crippen MR) is 66.1 cm³/mol. The van der Waals surface area contributed by atoms with Crippen LogP contribution >= 0.6 is 11.6 Å². The highest BCUT2D eigenvalue weighted by Gasteiger charge is 2.02. The summed E-state index contributed by atoms with van der Waals surface area (Å²) >= 11 is 5.64. The van der Waals surface area contributed by atoms with E-state index in [-0.39, 0.29) is 5.02 Å². The molecule has 0 unspecified atom stereocenters. The predicted octanol–water partition coefficient (Wildman–Crippen LogP) is 3.22. The molecular weight excluding hydrogens is 225 g/mol. The zero-order valence-electron chi connectivity index (χ0n) is 9.32. The van der Waals surface area contributed by atoms with Gasteiger partial charge in [0.15, 0.2) is 5.82 Å². The molecule has 1 nitrogen and oxygen atoms in total. The summed E-state index contributed by atoms with van der Waals surface area (Å²) in [7, 11) is 1.92. The molecule has 0 atom stereocenters. The summed E-state index contributed by atoms with van der Waals surface area (Å²) in [4.78, 5) is 0. The molecule has 3 heteroatoms. The van der Waals surface area contributed by atoms with Crippen molar-refractivity contribution >= 4 is 11.6 Å². The quantitative estimate of drug-likeness (QED) is 0.629. The highest BCUT2D eigenvalue weighted by Crippen LogP contribution is 2.16. The highest BCUT2D eigenvalue weighted by molar-refractivity contribution is 6.30. The van der Waals surface area contributed by atoms with Gasteiger partial charge in [0.05, 0.1) is 10.6 Å². The van der Waals surface area contributed by atoms with Crippen LogP contribution in [-0.2, 0) is 0 Å². The van der Waals surface area contributed by atoms with E-state index in [4.69, 9.17) is 11.6 Å². The van der Waals surface area contributed by atoms with E-state index >= 15 is 0 Å². The van der Waals surface area contributed by atoms with Crippen LogP contribution in [0.5, 0.6) is 0 Å². The number of unbranched alkanes of at least 4 members (excludes halogenated alkanes) is 2. The molecule has 0 saturated carbocycles. The van der Waals surface area contributed by atoms with Crippen molar-refractivity contribution in [1.29, 1.82) is 0 Å². The summed E-state index contributed by atoms with van der Waals surface area (Å²) in [5.74, 6) is 5.33. The van der Waals surface area contributed by atoms with Gasteiger partial charge < -0.3 is 5.32 Å². The number of nitrogens with one attached hydrogen (secondary N) is 1. The first kappa shape index (κ1) is 13.0. The largest absolute Gasteiger partial charge is 0.320 e. The van der Waals surface area contributed by atoms with Gasteiger partial charge in [0.1, 0.15) is 0 Å². The molecule has 0 bridgehead atoms. The minimum absolute atomic E-state index is 0.127. The molecule has 0 aromatic heterocycles. The number of rotatable bonds is 4. The molecule has 0 amide bonds. The topological polar surface area (TPSA) is 12.0 Å². The van der Waals surface area contributed by atoms with Crippen molar-refractivity contribution in [3.63, 3.8) is 0 Å². The zero-order chi connectivity index (χ0) is 11.8. The lowest BCUT2D eigenvalue weighted by Gasteiger charge is -1.96. The molecule has 0 aliphatic heterocycles. The van der Waals surface area contributed by atoms with Gasteiger partial charge in [-0.05, 0) is 38.6 Å². The van der Waals surface area contributed by atoms with Crippen LogP contribution in [-0.4, -0.2) is 13.6 Å². The monoisotopic (exact) mass is 239 g/mol. The Labute approximate surface area is 101 Å². The van der Waals surface area contributed by atoms with Crippen LogP contribution in [0, 0.1) is 17.7 Å². The molecule has 86 valence electrons. The van der Waals surface area contributed by atoms with Crippen LogP contribution in [0.15, 0.2) is 18.2 Å². The second-order valence-electron chi connectivity index (χ2n) is 3.46. The van der Waals surface area contributed by atoms with Crippen LogP contribution in [0.2, 0.25) is 5.02 Å². The van der Waals surface area contributed by atoms with Gasteiger partial charge in [0.25, 0.3) is 0 Å². The minimum Gasteiger partial charge on any atom is -0.320 e. The van der Waals surface area contributed by atoms with E-state index in [0.29, 0.717) is 5.56 Å². The van der Waals surface area contributed by atoms with E-state index in [2.05, 4.69) is 17.2 Å². The third-order valence-corrected chi connectivity index (χ3v) is 2.45. The van der Waals surface area contributed by atoms with Crippen molar-refractivity contribution in [3.05, 3.63) is 34.6 Å². The maximum atomic E-state index is 13.4. The number of benzene rings is 1. The third kappa shape index (κ3) is 4.22. The fraction of sp³-hybridized carbons (Fsp3) is 0.385. The SMILES string of the molecule is CNCCCCC#Cc1cccc(Cl)c1F. The zero-order valence-corrected chi connectivity index (χ0v) is 10.1. The molecule has 1 aromatic rings.